The van der Waals surface area contributed by atoms with Gasteiger partial charge in [0.25, 0.3) is 0 Å². The van der Waals surface area contributed by atoms with E-state index in [1.807, 2.05) is 49.4 Å². The zero-order chi connectivity index (χ0) is 29.4. The van der Waals surface area contributed by atoms with Gasteiger partial charge in [0.1, 0.15) is 17.3 Å². The minimum absolute atomic E-state index is 0.103. The molecule has 10 nitrogen and oxygen atoms in total. The molecule has 0 saturated carbocycles. The standard InChI is InChI=1S/C31H37N5O5/c1-5-32-24-17-27-26(16-19(24)2)36-30-22-11-7-6-10-21(22)25(18-28(30)41-27)33-15-13-29(38)34-14-9-8-12-23(31(39)40-4)35-20(3)37/h6-7,10-11,16-18,23,32H,5,8-9,12-15H2,1-4H3,(H,34,38)(H,35,37). The lowest BCUT2D eigenvalue weighted by Crippen LogP contribution is -2.40. The highest BCUT2D eigenvalue weighted by Crippen LogP contribution is 2.32. The van der Waals surface area contributed by atoms with Gasteiger partial charge >= 0.3 is 5.97 Å². The number of anilines is 1. The molecule has 3 N–H and O–H groups in total. The Morgan fingerprint density at radius 1 is 1.10 bits per heavy atom. The minimum Gasteiger partial charge on any atom is -0.467 e. The van der Waals surface area contributed by atoms with Gasteiger partial charge < -0.3 is 25.1 Å². The lowest BCUT2D eigenvalue weighted by atomic mass is 10.0. The number of benzene rings is 3. The molecule has 1 unspecified atom stereocenters. The molecule has 1 aliphatic heterocycles. The number of nitrogens with zero attached hydrogens (tertiary/aromatic N) is 2. The molecule has 0 saturated heterocycles. The van der Waals surface area contributed by atoms with Gasteiger partial charge in [-0.25, -0.2) is 9.78 Å². The number of hydrogen-bond acceptors (Lipinski definition) is 8. The van der Waals surface area contributed by atoms with Crippen LogP contribution in [0.4, 0.5) is 5.69 Å². The third-order valence-electron chi connectivity index (χ3n) is 6.81. The minimum atomic E-state index is -0.678. The second kappa shape index (κ2) is 13.7. The number of nitrogens with one attached hydrogen (secondary N) is 3. The van der Waals surface area contributed by atoms with Crippen molar-refractivity contribution in [1.29, 1.82) is 0 Å². The van der Waals surface area contributed by atoms with Crippen molar-refractivity contribution in [2.75, 3.05) is 32.1 Å². The number of carbonyl (C=O) groups excluding carboxylic acids is 3. The van der Waals surface area contributed by atoms with E-state index in [2.05, 4.69) is 22.9 Å². The molecule has 0 aromatic heterocycles. The molecule has 2 amide bonds. The quantitative estimate of drug-likeness (QED) is 0.103. The van der Waals surface area contributed by atoms with Crippen molar-refractivity contribution in [3.63, 3.8) is 0 Å². The van der Waals surface area contributed by atoms with Gasteiger partial charge in [-0.05, 0) is 44.7 Å². The average molecular weight is 560 g/mol. The van der Waals surface area contributed by atoms with Crippen LogP contribution in [0.2, 0.25) is 0 Å². The van der Waals surface area contributed by atoms with E-state index in [4.69, 9.17) is 19.1 Å². The van der Waals surface area contributed by atoms with Crippen molar-refractivity contribution < 1.29 is 23.5 Å². The third-order valence-corrected chi connectivity index (χ3v) is 6.81. The summed E-state index contributed by atoms with van der Waals surface area (Å²) in [5.74, 6) is -0.232. The van der Waals surface area contributed by atoms with Gasteiger partial charge in [0.2, 0.25) is 11.8 Å². The van der Waals surface area contributed by atoms with Crippen molar-refractivity contribution in [2.24, 2.45) is 4.99 Å². The summed E-state index contributed by atoms with van der Waals surface area (Å²) in [5, 5.41) is 11.5. The number of fused-ring (bicyclic) bond motifs is 4. The Labute approximate surface area is 238 Å². The van der Waals surface area contributed by atoms with Crippen molar-refractivity contribution >= 4 is 45.3 Å². The van der Waals surface area contributed by atoms with Crippen LogP contribution in [-0.2, 0) is 19.1 Å². The summed E-state index contributed by atoms with van der Waals surface area (Å²) in [7, 11) is 1.29. The van der Waals surface area contributed by atoms with Crippen molar-refractivity contribution in [3.05, 3.63) is 53.4 Å². The Balaban J connectivity index is 1.43. The first kappa shape index (κ1) is 29.5. The van der Waals surface area contributed by atoms with Crippen molar-refractivity contribution in [2.45, 2.75) is 52.5 Å². The monoisotopic (exact) mass is 559 g/mol. The third kappa shape index (κ3) is 7.39. The van der Waals surface area contributed by atoms with Gasteiger partial charge in [-0.1, -0.05) is 24.3 Å². The van der Waals surface area contributed by atoms with Crippen LogP contribution in [0.1, 0.15) is 45.1 Å². The predicted octanol–water partition coefficient (Wildman–Crippen LogP) is 4.08. The summed E-state index contributed by atoms with van der Waals surface area (Å²) in [6.45, 7) is 7.06. The molecule has 0 spiro atoms. The van der Waals surface area contributed by atoms with Crippen LogP contribution in [0.5, 0.6) is 0 Å². The summed E-state index contributed by atoms with van der Waals surface area (Å²) in [6, 6.07) is 13.2. The Morgan fingerprint density at radius 3 is 2.61 bits per heavy atom. The maximum Gasteiger partial charge on any atom is 0.328 e. The Morgan fingerprint density at radius 2 is 1.88 bits per heavy atom. The maximum atomic E-state index is 12.4. The molecule has 0 radical (unpaired) electrons. The zero-order valence-corrected chi connectivity index (χ0v) is 24.0. The lowest BCUT2D eigenvalue weighted by molar-refractivity contribution is -0.145. The van der Waals surface area contributed by atoms with E-state index in [9.17, 15) is 14.4 Å². The van der Waals surface area contributed by atoms with E-state index >= 15 is 0 Å². The number of ether oxygens (including phenoxy) is 1. The number of aryl methyl sites for hydroxylation is 1. The fourth-order valence-corrected chi connectivity index (χ4v) is 4.81. The fraction of sp³-hybridized carbons (Fsp3) is 0.387. The zero-order valence-electron chi connectivity index (χ0n) is 24.0. The first-order valence-electron chi connectivity index (χ1n) is 13.9. The maximum absolute atomic E-state index is 12.4. The summed E-state index contributed by atoms with van der Waals surface area (Å²) in [6.07, 6.45) is 2.00. The molecule has 1 aliphatic carbocycles. The van der Waals surface area contributed by atoms with Gasteiger partial charge in [0.05, 0.1) is 12.5 Å². The van der Waals surface area contributed by atoms with E-state index in [1.54, 1.807) is 0 Å². The molecular weight excluding hydrogens is 522 g/mol. The molecule has 0 fully saturated rings. The van der Waals surface area contributed by atoms with E-state index < -0.39 is 12.0 Å². The summed E-state index contributed by atoms with van der Waals surface area (Å²) in [5.41, 5.74) is 4.37. The van der Waals surface area contributed by atoms with Crippen molar-refractivity contribution in [3.8, 4) is 11.5 Å². The highest BCUT2D eigenvalue weighted by molar-refractivity contribution is 5.96. The van der Waals surface area contributed by atoms with E-state index in [0.717, 1.165) is 45.1 Å². The van der Waals surface area contributed by atoms with Crippen molar-refractivity contribution in [1.82, 2.24) is 15.6 Å². The number of unbranched alkanes of at least 4 members (excludes halogenated alkanes) is 1. The Hall–Kier alpha value is -4.47. The molecule has 0 bridgehead atoms. The second-order valence-corrected chi connectivity index (χ2v) is 9.92. The molecule has 10 heteroatoms. The smallest absolute Gasteiger partial charge is 0.328 e. The van der Waals surface area contributed by atoms with Gasteiger partial charge in [0, 0.05) is 61.6 Å². The largest absolute Gasteiger partial charge is 0.467 e. The summed E-state index contributed by atoms with van der Waals surface area (Å²) >= 11 is 0. The van der Waals surface area contributed by atoms with Gasteiger partial charge in [-0.3, -0.25) is 14.6 Å². The average Bonchev–Trinajstić information content (AvgIpc) is 2.95. The van der Waals surface area contributed by atoms with E-state index in [1.165, 1.54) is 14.0 Å². The summed E-state index contributed by atoms with van der Waals surface area (Å²) < 4.78 is 11.0. The molecule has 4 rings (SSSR count). The fourth-order valence-electron chi connectivity index (χ4n) is 4.81. The number of aromatic nitrogens is 1. The highest BCUT2D eigenvalue weighted by Gasteiger charge is 2.19. The normalized spacial score (nSPS) is 12.4. The Bertz CT molecular complexity index is 1600. The lowest BCUT2D eigenvalue weighted by Gasteiger charge is -2.15. The van der Waals surface area contributed by atoms with Crippen LogP contribution in [0.25, 0.3) is 33.3 Å². The SMILES string of the molecule is CCNc1cc2oc3cc(=NCCC(=O)NCCCCC(NC(C)=O)C(=O)OC)c4ccccc4c-3nc2cc1C. The van der Waals surface area contributed by atoms with Crippen LogP contribution in [0, 0.1) is 6.92 Å². The van der Waals surface area contributed by atoms with Crippen LogP contribution >= 0.6 is 0 Å². The van der Waals surface area contributed by atoms with Crippen LogP contribution in [0.15, 0.2) is 51.9 Å². The van der Waals surface area contributed by atoms with Crippen LogP contribution < -0.4 is 21.3 Å². The van der Waals surface area contributed by atoms with Gasteiger partial charge in [-0.2, -0.15) is 0 Å². The van der Waals surface area contributed by atoms with E-state index in [-0.39, 0.29) is 18.2 Å². The van der Waals surface area contributed by atoms with Crippen LogP contribution in [-0.4, -0.2) is 55.6 Å². The number of rotatable bonds is 12. The topological polar surface area (TPSA) is 135 Å². The number of amides is 2. The number of carbonyl (C=O) groups is 3. The number of hydrogen-bond donors (Lipinski definition) is 3. The Kier molecular flexibility index (Phi) is 9.89. The van der Waals surface area contributed by atoms with Crippen LogP contribution in [0.3, 0.4) is 0 Å². The molecule has 41 heavy (non-hydrogen) atoms. The molecule has 2 aromatic carbocycles. The van der Waals surface area contributed by atoms with Gasteiger partial charge in [0.15, 0.2) is 11.3 Å². The first-order chi connectivity index (χ1) is 19.8. The highest BCUT2D eigenvalue weighted by atomic mass is 16.5. The second-order valence-electron chi connectivity index (χ2n) is 9.92. The molecule has 1 heterocycles. The predicted molar refractivity (Wildman–Crippen MR) is 159 cm³/mol. The molecule has 1 atom stereocenters. The summed E-state index contributed by atoms with van der Waals surface area (Å²) in [4.78, 5) is 45.2. The molecular formula is C31H37N5O5. The first-order valence-corrected chi connectivity index (χ1v) is 13.9. The van der Waals surface area contributed by atoms with E-state index in [0.29, 0.717) is 43.7 Å². The van der Waals surface area contributed by atoms with Gasteiger partial charge in [-0.15, -0.1) is 0 Å². The number of methoxy groups -OCH3 is 1. The number of esters is 1. The molecule has 2 aliphatic rings. The molecule has 2 aromatic rings. The molecule has 216 valence electrons.